The summed E-state index contributed by atoms with van der Waals surface area (Å²) in [4.78, 5) is 50.1. The SMILES string of the molecule is CCO[C@](NC1=CCC1=O)(C(=O)OC)C(=O)c1ccc(OC(=O)N(C)C)cc1. The Labute approximate surface area is 162 Å². The second kappa shape index (κ2) is 8.66. The number of hydrogen-bond acceptors (Lipinski definition) is 8. The van der Waals surface area contributed by atoms with Crippen molar-refractivity contribution in [1.82, 2.24) is 10.2 Å². The Kier molecular flexibility index (Phi) is 6.53. The smallest absolute Gasteiger partial charge is 0.414 e. The zero-order valence-electron chi connectivity index (χ0n) is 16.1. The highest BCUT2D eigenvalue weighted by molar-refractivity contribution is 6.16. The van der Waals surface area contributed by atoms with E-state index in [-0.39, 0.29) is 35.8 Å². The fourth-order valence-electron chi connectivity index (χ4n) is 2.39. The van der Waals surface area contributed by atoms with Gasteiger partial charge in [-0.05, 0) is 37.3 Å². The zero-order chi connectivity index (χ0) is 20.9. The maximum atomic E-state index is 13.1. The largest absolute Gasteiger partial charge is 0.465 e. The van der Waals surface area contributed by atoms with Crippen LogP contribution in [-0.2, 0) is 19.1 Å². The van der Waals surface area contributed by atoms with Crippen LogP contribution in [0.4, 0.5) is 4.79 Å². The van der Waals surface area contributed by atoms with E-state index in [0.717, 1.165) is 7.11 Å². The molecule has 1 aliphatic carbocycles. The molecule has 0 radical (unpaired) electrons. The normalized spacial score (nSPS) is 14.9. The minimum absolute atomic E-state index is 0.00778. The van der Waals surface area contributed by atoms with Gasteiger partial charge in [-0.15, -0.1) is 0 Å². The fourth-order valence-corrected chi connectivity index (χ4v) is 2.39. The third-order valence-corrected chi connectivity index (χ3v) is 3.94. The summed E-state index contributed by atoms with van der Waals surface area (Å²) in [6.07, 6.45) is 1.19. The van der Waals surface area contributed by atoms with Crippen LogP contribution in [0.15, 0.2) is 36.0 Å². The number of ketones is 2. The van der Waals surface area contributed by atoms with Crippen molar-refractivity contribution in [3.8, 4) is 5.75 Å². The molecule has 1 N–H and O–H groups in total. The Morgan fingerprint density at radius 1 is 1.18 bits per heavy atom. The van der Waals surface area contributed by atoms with Crippen LogP contribution in [0.5, 0.6) is 5.75 Å². The molecule has 0 aliphatic heterocycles. The van der Waals surface area contributed by atoms with Crippen LogP contribution in [-0.4, -0.2) is 62.1 Å². The number of methoxy groups -OCH3 is 1. The summed E-state index contributed by atoms with van der Waals surface area (Å²) in [6, 6.07) is 5.60. The molecule has 1 amide bonds. The molecule has 9 nitrogen and oxygen atoms in total. The van der Waals surface area contributed by atoms with Crippen molar-refractivity contribution in [1.29, 1.82) is 0 Å². The molecule has 1 aromatic carbocycles. The van der Waals surface area contributed by atoms with Gasteiger partial charge in [-0.2, -0.15) is 0 Å². The van der Waals surface area contributed by atoms with Crippen molar-refractivity contribution in [2.45, 2.75) is 19.1 Å². The summed E-state index contributed by atoms with van der Waals surface area (Å²) in [7, 11) is 4.19. The summed E-state index contributed by atoms with van der Waals surface area (Å²) in [5.41, 5.74) is -1.99. The lowest BCUT2D eigenvalue weighted by Gasteiger charge is -2.33. The molecule has 0 saturated carbocycles. The van der Waals surface area contributed by atoms with Crippen LogP contribution in [0.3, 0.4) is 0 Å². The molecule has 150 valence electrons. The maximum absolute atomic E-state index is 13.1. The van der Waals surface area contributed by atoms with Gasteiger partial charge >= 0.3 is 17.8 Å². The average Bonchev–Trinajstić information content (AvgIpc) is 2.69. The van der Waals surface area contributed by atoms with E-state index in [1.54, 1.807) is 13.0 Å². The fraction of sp³-hybridized carbons (Fsp3) is 0.368. The molecule has 9 heteroatoms. The highest BCUT2D eigenvalue weighted by Gasteiger charge is 2.50. The highest BCUT2D eigenvalue weighted by atomic mass is 16.6. The van der Waals surface area contributed by atoms with Crippen molar-refractivity contribution >= 4 is 23.6 Å². The van der Waals surface area contributed by atoms with Gasteiger partial charge < -0.3 is 24.4 Å². The average molecular weight is 390 g/mol. The topological polar surface area (TPSA) is 111 Å². The van der Waals surface area contributed by atoms with Crippen LogP contribution >= 0.6 is 0 Å². The quantitative estimate of drug-likeness (QED) is 0.306. The lowest BCUT2D eigenvalue weighted by atomic mass is 9.96. The Balaban J connectivity index is 2.34. The lowest BCUT2D eigenvalue weighted by Crippen LogP contribution is -2.61. The molecule has 1 aliphatic rings. The van der Waals surface area contributed by atoms with E-state index in [9.17, 15) is 19.2 Å². The van der Waals surface area contributed by atoms with E-state index in [0.29, 0.717) is 0 Å². The van der Waals surface area contributed by atoms with Gasteiger partial charge in [0.2, 0.25) is 5.78 Å². The first kappa shape index (κ1) is 21.1. The predicted octanol–water partition coefficient (Wildman–Crippen LogP) is 1.28. The number of Topliss-reactive ketones (excluding diaryl/α,β-unsaturated/α-hetero) is 2. The first-order chi connectivity index (χ1) is 13.2. The van der Waals surface area contributed by atoms with E-state index in [2.05, 4.69) is 5.32 Å². The Bertz CT molecular complexity index is 814. The molecule has 1 aromatic rings. The van der Waals surface area contributed by atoms with Crippen molar-refractivity contribution in [3.05, 3.63) is 41.6 Å². The minimum Gasteiger partial charge on any atom is -0.465 e. The summed E-state index contributed by atoms with van der Waals surface area (Å²) >= 11 is 0. The number of carbonyl (C=O) groups is 4. The first-order valence-electron chi connectivity index (χ1n) is 8.53. The van der Waals surface area contributed by atoms with Crippen LogP contribution in [0.25, 0.3) is 0 Å². The zero-order valence-corrected chi connectivity index (χ0v) is 16.1. The van der Waals surface area contributed by atoms with E-state index in [1.807, 2.05) is 0 Å². The van der Waals surface area contributed by atoms with Crippen molar-refractivity contribution < 1.29 is 33.4 Å². The summed E-state index contributed by atoms with van der Waals surface area (Å²) in [6.45, 7) is 1.61. The third kappa shape index (κ3) is 4.20. The number of nitrogens with zero attached hydrogens (tertiary/aromatic N) is 1. The second-order valence-electron chi connectivity index (χ2n) is 6.09. The van der Waals surface area contributed by atoms with Gasteiger partial charge in [-0.3, -0.25) is 9.59 Å². The number of hydrogen-bond donors (Lipinski definition) is 1. The van der Waals surface area contributed by atoms with Crippen LogP contribution < -0.4 is 10.1 Å². The molecule has 0 spiro atoms. The Hall–Kier alpha value is -3.20. The van der Waals surface area contributed by atoms with Crippen molar-refractivity contribution in [3.63, 3.8) is 0 Å². The van der Waals surface area contributed by atoms with Gasteiger partial charge in [0.25, 0.3) is 0 Å². The van der Waals surface area contributed by atoms with Crippen molar-refractivity contribution in [2.24, 2.45) is 0 Å². The maximum Gasteiger partial charge on any atom is 0.414 e. The molecule has 0 fully saturated rings. The second-order valence-corrected chi connectivity index (χ2v) is 6.09. The summed E-state index contributed by atoms with van der Waals surface area (Å²) < 4.78 is 15.3. The standard InChI is InChI=1S/C19H22N2O7/c1-5-27-19(17(24)26-4,20-14-10-11-15(14)22)16(23)12-6-8-13(9-7-12)28-18(25)21(2)3/h6-10,20H,5,11H2,1-4H3/t19-/m0/s1. The van der Waals surface area contributed by atoms with Gasteiger partial charge in [0.05, 0.1) is 12.8 Å². The van der Waals surface area contributed by atoms with Crippen LogP contribution in [0.2, 0.25) is 0 Å². The molecule has 0 unspecified atom stereocenters. The number of nitrogens with one attached hydrogen (secondary N) is 1. The Morgan fingerprint density at radius 2 is 1.82 bits per heavy atom. The molecule has 2 rings (SSSR count). The highest BCUT2D eigenvalue weighted by Crippen LogP contribution is 2.24. The van der Waals surface area contributed by atoms with Crippen LogP contribution in [0.1, 0.15) is 23.7 Å². The van der Waals surface area contributed by atoms with E-state index < -0.39 is 23.6 Å². The van der Waals surface area contributed by atoms with Gasteiger partial charge in [0.15, 0.2) is 5.78 Å². The molecule has 0 heterocycles. The predicted molar refractivity (Wildman–Crippen MR) is 97.7 cm³/mol. The third-order valence-electron chi connectivity index (χ3n) is 3.94. The van der Waals surface area contributed by atoms with Gasteiger partial charge in [-0.25, -0.2) is 9.59 Å². The molecular formula is C19H22N2O7. The van der Waals surface area contributed by atoms with Gasteiger partial charge in [0.1, 0.15) is 5.75 Å². The molecule has 1 atom stereocenters. The number of allylic oxidation sites excluding steroid dienone is 2. The van der Waals surface area contributed by atoms with Crippen LogP contribution in [0, 0.1) is 0 Å². The number of esters is 1. The summed E-state index contributed by atoms with van der Waals surface area (Å²) in [5, 5.41) is 2.60. The molecular weight excluding hydrogens is 368 g/mol. The molecule has 0 aromatic heterocycles. The minimum atomic E-state index is -2.20. The van der Waals surface area contributed by atoms with E-state index >= 15 is 0 Å². The van der Waals surface area contributed by atoms with E-state index in [1.165, 1.54) is 43.3 Å². The Morgan fingerprint density at radius 3 is 2.25 bits per heavy atom. The number of ether oxygens (including phenoxy) is 3. The van der Waals surface area contributed by atoms with E-state index in [4.69, 9.17) is 14.2 Å². The number of carbonyl (C=O) groups excluding carboxylic acids is 4. The molecule has 0 bridgehead atoms. The van der Waals surface area contributed by atoms with Gasteiger partial charge in [0, 0.05) is 32.7 Å². The number of amides is 1. The summed E-state index contributed by atoms with van der Waals surface area (Å²) in [5.74, 6) is -1.75. The number of rotatable bonds is 8. The molecule has 0 saturated heterocycles. The lowest BCUT2D eigenvalue weighted by molar-refractivity contribution is -0.165. The molecule has 28 heavy (non-hydrogen) atoms. The first-order valence-corrected chi connectivity index (χ1v) is 8.53. The van der Waals surface area contributed by atoms with Crippen molar-refractivity contribution in [2.75, 3.05) is 27.8 Å². The number of benzene rings is 1. The monoisotopic (exact) mass is 390 g/mol. The van der Waals surface area contributed by atoms with Gasteiger partial charge in [-0.1, -0.05) is 0 Å².